The lowest BCUT2D eigenvalue weighted by Crippen LogP contribution is -2.31. The smallest absolute Gasteiger partial charge is 0.338 e. The number of methoxy groups -OCH3 is 1. The maximum absolute atomic E-state index is 12.5. The van der Waals surface area contributed by atoms with Crippen molar-refractivity contribution in [2.75, 3.05) is 40.0 Å². The molecule has 1 N–H and O–H groups in total. The molecule has 2 rings (SSSR count). The van der Waals surface area contributed by atoms with Crippen LogP contribution in [0.25, 0.3) is 0 Å². The minimum absolute atomic E-state index is 0.0494. The van der Waals surface area contributed by atoms with Crippen molar-refractivity contribution in [3.63, 3.8) is 0 Å². The summed E-state index contributed by atoms with van der Waals surface area (Å²) in [7, 11) is -2.10. The number of sulfonamides is 1. The Morgan fingerprint density at radius 1 is 1.24 bits per heavy atom. The SMILES string of the molecule is COCCNC(=O)COC(=O)c1cccc(S(=O)(=O)N2CCCC2)c1. The summed E-state index contributed by atoms with van der Waals surface area (Å²) in [6, 6.07) is 5.66. The van der Waals surface area contributed by atoms with Crippen molar-refractivity contribution in [2.24, 2.45) is 0 Å². The Morgan fingerprint density at radius 2 is 1.96 bits per heavy atom. The number of hydrogen-bond acceptors (Lipinski definition) is 6. The number of ether oxygens (including phenoxy) is 2. The fraction of sp³-hybridized carbons (Fsp3) is 0.500. The van der Waals surface area contributed by atoms with Gasteiger partial charge in [-0.05, 0) is 31.0 Å². The lowest BCUT2D eigenvalue weighted by atomic mass is 10.2. The van der Waals surface area contributed by atoms with Gasteiger partial charge in [-0.15, -0.1) is 0 Å². The van der Waals surface area contributed by atoms with Crippen molar-refractivity contribution in [2.45, 2.75) is 17.7 Å². The molecule has 9 heteroatoms. The molecular formula is C16H22N2O6S. The van der Waals surface area contributed by atoms with Crippen molar-refractivity contribution >= 4 is 21.9 Å². The second-order valence-corrected chi connectivity index (χ2v) is 7.50. The number of nitrogens with zero attached hydrogens (tertiary/aromatic N) is 1. The fourth-order valence-corrected chi connectivity index (χ4v) is 3.98. The van der Waals surface area contributed by atoms with Gasteiger partial charge < -0.3 is 14.8 Å². The van der Waals surface area contributed by atoms with Gasteiger partial charge in [-0.1, -0.05) is 6.07 Å². The third-order valence-corrected chi connectivity index (χ3v) is 5.63. The monoisotopic (exact) mass is 370 g/mol. The highest BCUT2D eigenvalue weighted by Crippen LogP contribution is 2.21. The van der Waals surface area contributed by atoms with Gasteiger partial charge in [0.05, 0.1) is 17.1 Å². The van der Waals surface area contributed by atoms with Crippen molar-refractivity contribution < 1.29 is 27.5 Å². The van der Waals surface area contributed by atoms with Gasteiger partial charge in [-0.3, -0.25) is 4.79 Å². The van der Waals surface area contributed by atoms with Gasteiger partial charge in [-0.2, -0.15) is 4.31 Å². The third kappa shape index (κ3) is 5.25. The second-order valence-electron chi connectivity index (χ2n) is 5.56. The normalized spacial score (nSPS) is 15.1. The van der Waals surface area contributed by atoms with Gasteiger partial charge in [0.1, 0.15) is 0 Å². The number of carbonyl (C=O) groups is 2. The van der Waals surface area contributed by atoms with Crippen LogP contribution >= 0.6 is 0 Å². The molecule has 0 aromatic heterocycles. The first kappa shape index (κ1) is 19.4. The van der Waals surface area contributed by atoms with Crippen LogP contribution in [-0.2, 0) is 24.3 Å². The van der Waals surface area contributed by atoms with Crippen LogP contribution in [-0.4, -0.2) is 64.6 Å². The Hall–Kier alpha value is -1.97. The highest BCUT2D eigenvalue weighted by Gasteiger charge is 2.27. The topological polar surface area (TPSA) is 102 Å². The van der Waals surface area contributed by atoms with Crippen LogP contribution in [0.3, 0.4) is 0 Å². The molecule has 0 aliphatic carbocycles. The zero-order valence-electron chi connectivity index (χ0n) is 14.1. The van der Waals surface area contributed by atoms with Crippen LogP contribution in [0.1, 0.15) is 23.2 Å². The van der Waals surface area contributed by atoms with Crippen LogP contribution < -0.4 is 5.32 Å². The van der Waals surface area contributed by atoms with Crippen LogP contribution in [0.4, 0.5) is 0 Å². The maximum atomic E-state index is 12.5. The molecule has 0 bridgehead atoms. The van der Waals surface area contributed by atoms with Gasteiger partial charge in [0.2, 0.25) is 10.0 Å². The van der Waals surface area contributed by atoms with Crippen molar-refractivity contribution in [3.8, 4) is 0 Å². The van der Waals surface area contributed by atoms with Crippen LogP contribution in [0.2, 0.25) is 0 Å². The van der Waals surface area contributed by atoms with E-state index in [0.717, 1.165) is 12.8 Å². The average molecular weight is 370 g/mol. The second kappa shape index (κ2) is 8.93. The van der Waals surface area contributed by atoms with Crippen molar-refractivity contribution in [1.82, 2.24) is 9.62 Å². The summed E-state index contributed by atoms with van der Waals surface area (Å²) in [5.41, 5.74) is 0.0879. The van der Waals surface area contributed by atoms with Crippen LogP contribution in [0, 0.1) is 0 Å². The molecule has 0 atom stereocenters. The van der Waals surface area contributed by atoms with Crippen molar-refractivity contribution in [3.05, 3.63) is 29.8 Å². The molecule has 1 aromatic rings. The summed E-state index contributed by atoms with van der Waals surface area (Å²) in [5.74, 6) is -1.20. The van der Waals surface area contributed by atoms with E-state index < -0.39 is 28.5 Å². The number of rotatable bonds is 8. The Balaban J connectivity index is 1.98. The highest BCUT2D eigenvalue weighted by molar-refractivity contribution is 7.89. The molecule has 0 saturated carbocycles. The molecule has 25 heavy (non-hydrogen) atoms. The molecule has 1 fully saturated rings. The third-order valence-electron chi connectivity index (χ3n) is 3.74. The molecule has 1 aliphatic heterocycles. The maximum Gasteiger partial charge on any atom is 0.338 e. The van der Waals surface area contributed by atoms with Gasteiger partial charge >= 0.3 is 5.97 Å². The summed E-state index contributed by atoms with van der Waals surface area (Å²) in [5, 5.41) is 2.52. The Labute approximate surface area is 147 Å². The summed E-state index contributed by atoms with van der Waals surface area (Å²) < 4.78 is 36.1. The number of amides is 1. The molecule has 8 nitrogen and oxygen atoms in total. The van der Waals surface area contributed by atoms with Crippen LogP contribution in [0.15, 0.2) is 29.2 Å². The van der Waals surface area contributed by atoms with Crippen molar-refractivity contribution in [1.29, 1.82) is 0 Å². The predicted octanol–water partition coefficient (Wildman–Crippen LogP) is 0.390. The predicted molar refractivity (Wildman–Crippen MR) is 89.6 cm³/mol. The molecule has 0 spiro atoms. The number of hydrogen-bond donors (Lipinski definition) is 1. The van der Waals surface area contributed by atoms with E-state index in [1.54, 1.807) is 0 Å². The van der Waals surface area contributed by atoms with Gasteiger partial charge in [0.25, 0.3) is 5.91 Å². The summed E-state index contributed by atoms with van der Waals surface area (Å²) in [4.78, 5) is 23.6. The Morgan fingerprint density at radius 3 is 2.64 bits per heavy atom. The lowest BCUT2D eigenvalue weighted by molar-refractivity contribution is -0.124. The minimum atomic E-state index is -3.61. The molecule has 1 heterocycles. The van der Waals surface area contributed by atoms with Crippen LogP contribution in [0.5, 0.6) is 0 Å². The average Bonchev–Trinajstić information content (AvgIpc) is 3.15. The zero-order valence-corrected chi connectivity index (χ0v) is 14.9. The van der Waals surface area contributed by atoms with E-state index in [2.05, 4.69) is 5.32 Å². The first-order valence-electron chi connectivity index (χ1n) is 7.98. The largest absolute Gasteiger partial charge is 0.452 e. The van der Waals surface area contributed by atoms with E-state index in [1.807, 2.05) is 0 Å². The first-order valence-corrected chi connectivity index (χ1v) is 9.42. The summed E-state index contributed by atoms with van der Waals surface area (Å²) >= 11 is 0. The lowest BCUT2D eigenvalue weighted by Gasteiger charge is -2.15. The van der Waals surface area contributed by atoms with Gasteiger partial charge in [-0.25, -0.2) is 13.2 Å². The Kier molecular flexibility index (Phi) is 6.91. The molecule has 138 valence electrons. The fourth-order valence-electron chi connectivity index (χ4n) is 2.42. The highest BCUT2D eigenvalue weighted by atomic mass is 32.2. The van der Waals surface area contributed by atoms with Gasteiger partial charge in [0.15, 0.2) is 6.61 Å². The summed E-state index contributed by atoms with van der Waals surface area (Å²) in [6.45, 7) is 1.20. The van der Waals surface area contributed by atoms with E-state index in [-0.39, 0.29) is 10.5 Å². The minimum Gasteiger partial charge on any atom is -0.452 e. The Bertz CT molecular complexity index is 713. The van der Waals surface area contributed by atoms with E-state index in [4.69, 9.17) is 9.47 Å². The molecule has 1 amide bonds. The molecule has 1 aromatic carbocycles. The quantitative estimate of drug-likeness (QED) is 0.525. The number of esters is 1. The molecule has 0 unspecified atom stereocenters. The molecule has 1 aliphatic rings. The van der Waals surface area contributed by atoms with E-state index in [0.29, 0.717) is 26.2 Å². The summed E-state index contributed by atoms with van der Waals surface area (Å²) in [6.07, 6.45) is 1.66. The van der Waals surface area contributed by atoms with Gasteiger partial charge in [0, 0.05) is 26.7 Å². The standard InChI is InChI=1S/C16H22N2O6S/c1-23-10-7-17-15(19)12-24-16(20)13-5-4-6-14(11-13)25(21,22)18-8-2-3-9-18/h4-6,11H,2-3,7-10,12H2,1H3,(H,17,19). The number of benzene rings is 1. The molecule has 1 saturated heterocycles. The van der Waals surface area contributed by atoms with E-state index in [9.17, 15) is 18.0 Å². The van der Waals surface area contributed by atoms with E-state index >= 15 is 0 Å². The molecular weight excluding hydrogens is 348 g/mol. The number of carbonyl (C=O) groups excluding carboxylic acids is 2. The number of nitrogens with one attached hydrogen (secondary N) is 1. The molecule has 0 radical (unpaired) electrons. The zero-order chi connectivity index (χ0) is 18.3. The first-order chi connectivity index (χ1) is 11.9. The van der Waals surface area contributed by atoms with E-state index in [1.165, 1.54) is 35.7 Å².